The second-order valence-electron chi connectivity index (χ2n) is 10.1. The number of benzene rings is 2. The molecule has 194 valence electrons. The van der Waals surface area contributed by atoms with E-state index < -0.39 is 0 Å². The number of carbonyl (C=O) groups excluding carboxylic acids is 3. The van der Waals surface area contributed by atoms with E-state index in [0.29, 0.717) is 41.7 Å². The Kier molecular flexibility index (Phi) is 6.36. The van der Waals surface area contributed by atoms with Gasteiger partial charge in [0.2, 0.25) is 11.8 Å². The van der Waals surface area contributed by atoms with Crippen LogP contribution in [0.5, 0.6) is 11.5 Å². The fourth-order valence-corrected chi connectivity index (χ4v) is 5.80. The number of piperidine rings is 2. The molecule has 0 aliphatic carbocycles. The summed E-state index contributed by atoms with van der Waals surface area (Å²) in [6.07, 6.45) is 5.92. The second-order valence-corrected chi connectivity index (χ2v) is 10.1. The number of anilines is 3. The lowest BCUT2D eigenvalue weighted by molar-refractivity contribution is -0.123. The number of hydrogen-bond acceptors (Lipinski definition) is 6. The van der Waals surface area contributed by atoms with Gasteiger partial charge in [-0.1, -0.05) is 0 Å². The number of nitrogens with one attached hydrogen (secondary N) is 1. The summed E-state index contributed by atoms with van der Waals surface area (Å²) in [5.74, 6) is 0.811. The van der Waals surface area contributed by atoms with Gasteiger partial charge < -0.3 is 24.6 Å². The average Bonchev–Trinajstić information content (AvgIpc) is 2.95. The maximum Gasteiger partial charge on any atom is 0.253 e. The third kappa shape index (κ3) is 4.58. The van der Waals surface area contributed by atoms with Crippen LogP contribution < -0.4 is 24.6 Å². The molecule has 4 heterocycles. The van der Waals surface area contributed by atoms with Crippen molar-refractivity contribution in [2.24, 2.45) is 0 Å². The van der Waals surface area contributed by atoms with Crippen LogP contribution in [0.4, 0.5) is 17.1 Å². The molecule has 37 heavy (non-hydrogen) atoms. The van der Waals surface area contributed by atoms with Crippen molar-refractivity contribution in [3.05, 3.63) is 42.0 Å². The number of likely N-dealkylation sites (tertiary alicyclic amines) is 1. The van der Waals surface area contributed by atoms with Crippen molar-refractivity contribution < 1.29 is 23.9 Å². The quantitative estimate of drug-likeness (QED) is 0.686. The van der Waals surface area contributed by atoms with E-state index >= 15 is 0 Å². The highest BCUT2D eigenvalue weighted by Crippen LogP contribution is 2.40. The van der Waals surface area contributed by atoms with Gasteiger partial charge in [-0.15, -0.1) is 0 Å². The van der Waals surface area contributed by atoms with Crippen molar-refractivity contribution in [3.8, 4) is 11.5 Å². The predicted molar refractivity (Wildman–Crippen MR) is 140 cm³/mol. The molecule has 2 fully saturated rings. The van der Waals surface area contributed by atoms with E-state index in [2.05, 4.69) is 10.2 Å². The molecule has 0 unspecified atom stereocenters. The number of hydrogen-bond donors (Lipinski definition) is 1. The molecule has 0 aromatic heterocycles. The molecule has 2 saturated heterocycles. The van der Waals surface area contributed by atoms with Crippen molar-refractivity contribution in [3.63, 3.8) is 0 Å². The molecule has 0 spiro atoms. The first-order valence-electron chi connectivity index (χ1n) is 13.3. The van der Waals surface area contributed by atoms with Gasteiger partial charge in [0, 0.05) is 37.0 Å². The Morgan fingerprint density at radius 1 is 0.865 bits per heavy atom. The average molecular weight is 505 g/mol. The van der Waals surface area contributed by atoms with E-state index in [1.54, 1.807) is 29.2 Å². The van der Waals surface area contributed by atoms with Gasteiger partial charge in [0.05, 0.1) is 11.4 Å². The number of ether oxygens (including phenoxy) is 2. The summed E-state index contributed by atoms with van der Waals surface area (Å²) >= 11 is 0. The van der Waals surface area contributed by atoms with Gasteiger partial charge in [-0.25, -0.2) is 0 Å². The number of amides is 3. The molecule has 6 rings (SSSR count). The zero-order valence-electron chi connectivity index (χ0n) is 20.9. The highest BCUT2D eigenvalue weighted by molar-refractivity contribution is 6.11. The van der Waals surface area contributed by atoms with Crippen molar-refractivity contribution >= 4 is 34.8 Å². The molecule has 0 radical (unpaired) electrons. The fourth-order valence-electron chi connectivity index (χ4n) is 5.80. The molecule has 9 heteroatoms. The summed E-state index contributed by atoms with van der Waals surface area (Å²) in [5, 5.41) is 2.89. The Morgan fingerprint density at radius 2 is 1.65 bits per heavy atom. The number of carbonyl (C=O) groups is 3. The number of rotatable bonds is 4. The van der Waals surface area contributed by atoms with Crippen molar-refractivity contribution in [1.82, 2.24) is 4.90 Å². The molecule has 4 aliphatic rings. The largest absolute Gasteiger partial charge is 0.486 e. The van der Waals surface area contributed by atoms with Crippen molar-refractivity contribution in [2.75, 3.05) is 54.5 Å². The summed E-state index contributed by atoms with van der Waals surface area (Å²) < 4.78 is 11.2. The van der Waals surface area contributed by atoms with E-state index in [9.17, 15) is 14.4 Å². The molecular formula is C28H32N4O5. The zero-order valence-corrected chi connectivity index (χ0v) is 20.9. The van der Waals surface area contributed by atoms with Crippen LogP contribution in [0.15, 0.2) is 36.4 Å². The SMILES string of the molecule is O=C(CN1C(=O)[C@@H]2CCCCN2c2ccc(C(=O)N3CCCCC3)cc21)Nc1ccc2c(c1)OCCO2. The Labute approximate surface area is 216 Å². The lowest BCUT2D eigenvalue weighted by Gasteiger charge is -2.45. The highest BCUT2D eigenvalue weighted by Gasteiger charge is 2.40. The summed E-state index contributed by atoms with van der Waals surface area (Å²) in [6.45, 7) is 3.12. The van der Waals surface area contributed by atoms with Gasteiger partial charge in [-0.05, 0) is 68.9 Å². The summed E-state index contributed by atoms with van der Waals surface area (Å²) in [7, 11) is 0. The van der Waals surface area contributed by atoms with E-state index in [-0.39, 0.29) is 30.3 Å². The topological polar surface area (TPSA) is 91.4 Å². The normalized spacial score (nSPS) is 20.7. The second kappa shape index (κ2) is 9.95. The maximum atomic E-state index is 13.7. The minimum atomic E-state index is -0.312. The smallest absolute Gasteiger partial charge is 0.253 e. The van der Waals surface area contributed by atoms with Gasteiger partial charge in [0.1, 0.15) is 25.8 Å². The minimum Gasteiger partial charge on any atom is -0.486 e. The van der Waals surface area contributed by atoms with Gasteiger partial charge in [-0.2, -0.15) is 0 Å². The zero-order chi connectivity index (χ0) is 25.4. The van der Waals surface area contributed by atoms with Crippen LogP contribution >= 0.6 is 0 Å². The first-order valence-corrected chi connectivity index (χ1v) is 13.3. The monoisotopic (exact) mass is 504 g/mol. The van der Waals surface area contributed by atoms with Crippen LogP contribution in [-0.4, -0.2) is 68.1 Å². The lowest BCUT2D eigenvalue weighted by atomic mass is 9.95. The van der Waals surface area contributed by atoms with E-state index in [4.69, 9.17) is 9.47 Å². The molecule has 1 N–H and O–H groups in total. The maximum absolute atomic E-state index is 13.7. The summed E-state index contributed by atoms with van der Waals surface area (Å²) in [6, 6.07) is 10.6. The third-order valence-electron chi connectivity index (χ3n) is 7.65. The van der Waals surface area contributed by atoms with Crippen LogP contribution in [0.1, 0.15) is 48.9 Å². The van der Waals surface area contributed by atoms with Gasteiger partial charge >= 0.3 is 0 Å². The minimum absolute atomic E-state index is 0.0172. The number of nitrogens with zero attached hydrogens (tertiary/aromatic N) is 3. The number of fused-ring (bicyclic) bond motifs is 4. The molecule has 0 saturated carbocycles. The molecule has 9 nitrogen and oxygen atoms in total. The fraction of sp³-hybridized carbons (Fsp3) is 0.464. The van der Waals surface area contributed by atoms with Crippen LogP contribution in [0.3, 0.4) is 0 Å². The van der Waals surface area contributed by atoms with E-state index in [1.165, 1.54) is 0 Å². The van der Waals surface area contributed by atoms with E-state index in [1.807, 2.05) is 17.0 Å². The first kappa shape index (κ1) is 23.6. The Balaban J connectivity index is 1.27. The van der Waals surface area contributed by atoms with Crippen LogP contribution in [0.2, 0.25) is 0 Å². The first-order chi connectivity index (χ1) is 18.1. The molecule has 2 aromatic carbocycles. The van der Waals surface area contributed by atoms with Crippen LogP contribution in [-0.2, 0) is 9.59 Å². The predicted octanol–water partition coefficient (Wildman–Crippen LogP) is 3.43. The molecule has 1 atom stereocenters. The molecule has 3 amide bonds. The van der Waals surface area contributed by atoms with Crippen molar-refractivity contribution in [2.45, 2.75) is 44.6 Å². The molecule has 2 aromatic rings. The summed E-state index contributed by atoms with van der Waals surface area (Å²) in [5.41, 5.74) is 2.67. The Hall–Kier alpha value is -3.75. The molecule has 4 aliphatic heterocycles. The Bertz CT molecular complexity index is 1230. The van der Waals surface area contributed by atoms with Gasteiger partial charge in [0.15, 0.2) is 11.5 Å². The standard InChI is InChI=1S/C28H32N4O5/c33-26(29-20-8-10-24-25(17-20)37-15-14-36-24)18-32-23-16-19(27(34)30-11-3-1-4-12-30)7-9-21(23)31-13-5-2-6-22(31)28(32)35/h7-10,16-17,22H,1-6,11-15,18H2,(H,29,33)/t22-/m0/s1. The van der Waals surface area contributed by atoms with E-state index in [0.717, 1.165) is 63.8 Å². The summed E-state index contributed by atoms with van der Waals surface area (Å²) in [4.78, 5) is 45.7. The third-order valence-corrected chi connectivity index (χ3v) is 7.65. The van der Waals surface area contributed by atoms with Crippen molar-refractivity contribution in [1.29, 1.82) is 0 Å². The van der Waals surface area contributed by atoms with Crippen LogP contribution in [0, 0.1) is 0 Å². The van der Waals surface area contributed by atoms with Gasteiger partial charge in [0.25, 0.3) is 5.91 Å². The molecule has 0 bridgehead atoms. The lowest BCUT2D eigenvalue weighted by Crippen LogP contribution is -2.56. The van der Waals surface area contributed by atoms with Crippen LogP contribution in [0.25, 0.3) is 0 Å². The van der Waals surface area contributed by atoms with Gasteiger partial charge in [-0.3, -0.25) is 19.3 Å². The molecular weight excluding hydrogens is 472 g/mol. The highest BCUT2D eigenvalue weighted by atomic mass is 16.6. The Morgan fingerprint density at radius 3 is 2.49 bits per heavy atom.